The Labute approximate surface area is 178 Å². The SMILES string of the molecule is CCOc1cc(C(=O)NNC(=O)c2cc3ccccc3s2)cc(OCC)c1OCC. The van der Waals surface area contributed by atoms with Crippen LogP contribution >= 0.6 is 11.3 Å². The lowest BCUT2D eigenvalue weighted by molar-refractivity contribution is 0.0848. The third-order valence-electron chi connectivity index (χ3n) is 4.11. The van der Waals surface area contributed by atoms with Gasteiger partial charge in [-0.05, 0) is 50.4 Å². The molecule has 0 aliphatic heterocycles. The molecule has 0 aliphatic carbocycles. The van der Waals surface area contributed by atoms with Gasteiger partial charge in [-0.1, -0.05) is 18.2 Å². The number of carbonyl (C=O) groups excluding carboxylic acids is 2. The summed E-state index contributed by atoms with van der Waals surface area (Å²) >= 11 is 1.36. The van der Waals surface area contributed by atoms with Crippen molar-refractivity contribution < 1.29 is 23.8 Å². The maximum atomic E-state index is 12.7. The zero-order valence-corrected chi connectivity index (χ0v) is 17.9. The molecule has 30 heavy (non-hydrogen) atoms. The summed E-state index contributed by atoms with van der Waals surface area (Å²) in [6.07, 6.45) is 0. The minimum absolute atomic E-state index is 0.280. The van der Waals surface area contributed by atoms with Gasteiger partial charge in [-0.2, -0.15) is 0 Å². The highest BCUT2D eigenvalue weighted by Gasteiger charge is 2.19. The minimum atomic E-state index is -0.491. The van der Waals surface area contributed by atoms with Crippen molar-refractivity contribution in [3.05, 3.63) is 52.9 Å². The van der Waals surface area contributed by atoms with E-state index in [0.29, 0.717) is 41.9 Å². The average molecular weight is 429 g/mol. The lowest BCUT2D eigenvalue weighted by Crippen LogP contribution is -2.41. The molecule has 0 spiro atoms. The van der Waals surface area contributed by atoms with Crippen molar-refractivity contribution in [3.8, 4) is 17.2 Å². The van der Waals surface area contributed by atoms with Gasteiger partial charge in [-0.3, -0.25) is 20.4 Å². The van der Waals surface area contributed by atoms with Gasteiger partial charge in [0.2, 0.25) is 5.75 Å². The Hall–Kier alpha value is -3.26. The van der Waals surface area contributed by atoms with Gasteiger partial charge in [-0.25, -0.2) is 0 Å². The van der Waals surface area contributed by atoms with Crippen molar-refractivity contribution in [1.82, 2.24) is 10.9 Å². The normalized spacial score (nSPS) is 10.5. The second-order valence-corrected chi connectivity index (χ2v) is 7.24. The molecule has 0 saturated carbocycles. The van der Waals surface area contributed by atoms with Gasteiger partial charge in [0.25, 0.3) is 11.8 Å². The van der Waals surface area contributed by atoms with Crippen LogP contribution in [-0.4, -0.2) is 31.6 Å². The molecule has 2 amide bonds. The topological polar surface area (TPSA) is 85.9 Å². The molecule has 1 aromatic heterocycles. The van der Waals surface area contributed by atoms with E-state index in [1.165, 1.54) is 11.3 Å². The number of thiophene rings is 1. The summed E-state index contributed by atoms with van der Waals surface area (Å²) in [6, 6.07) is 12.6. The fourth-order valence-corrected chi connectivity index (χ4v) is 3.82. The van der Waals surface area contributed by atoms with E-state index < -0.39 is 5.91 Å². The van der Waals surface area contributed by atoms with Crippen molar-refractivity contribution in [1.29, 1.82) is 0 Å². The largest absolute Gasteiger partial charge is 0.490 e. The average Bonchev–Trinajstić information content (AvgIpc) is 3.18. The van der Waals surface area contributed by atoms with Crippen LogP contribution in [0.5, 0.6) is 17.2 Å². The molecule has 0 saturated heterocycles. The fourth-order valence-electron chi connectivity index (χ4n) is 2.86. The Morgan fingerprint density at radius 1 is 0.833 bits per heavy atom. The quantitative estimate of drug-likeness (QED) is 0.526. The summed E-state index contributed by atoms with van der Waals surface area (Å²) in [7, 11) is 0. The van der Waals surface area contributed by atoms with Crippen LogP contribution in [0.2, 0.25) is 0 Å². The molecule has 7 nitrogen and oxygen atoms in total. The molecule has 0 radical (unpaired) electrons. The fraction of sp³-hybridized carbons (Fsp3) is 0.273. The Kier molecular flexibility index (Phi) is 7.13. The standard InChI is InChI=1S/C22H24N2O5S/c1-4-27-16-11-15(12-17(28-5-2)20(16)29-6-3)21(25)23-24-22(26)19-13-14-9-7-8-10-18(14)30-19/h7-13H,4-6H2,1-3H3,(H,23,25)(H,24,26). The van der Waals surface area contributed by atoms with E-state index in [9.17, 15) is 9.59 Å². The van der Waals surface area contributed by atoms with Gasteiger partial charge in [0.05, 0.1) is 24.7 Å². The van der Waals surface area contributed by atoms with Gasteiger partial charge < -0.3 is 14.2 Å². The molecule has 0 fully saturated rings. The third-order valence-corrected chi connectivity index (χ3v) is 5.23. The Bertz CT molecular complexity index is 987. The van der Waals surface area contributed by atoms with Crippen LogP contribution in [0.3, 0.4) is 0 Å². The van der Waals surface area contributed by atoms with E-state index in [2.05, 4.69) is 10.9 Å². The van der Waals surface area contributed by atoms with Crippen LogP contribution in [0.4, 0.5) is 0 Å². The smallest absolute Gasteiger partial charge is 0.279 e. The number of benzene rings is 2. The Morgan fingerprint density at radius 3 is 2.03 bits per heavy atom. The first-order chi connectivity index (χ1) is 14.6. The van der Waals surface area contributed by atoms with Crippen molar-refractivity contribution in [3.63, 3.8) is 0 Å². The molecule has 0 unspecified atom stereocenters. The number of hydrogen-bond donors (Lipinski definition) is 2. The number of hydrogen-bond acceptors (Lipinski definition) is 6. The number of amides is 2. The van der Waals surface area contributed by atoms with Gasteiger partial charge in [0.1, 0.15) is 0 Å². The van der Waals surface area contributed by atoms with Crippen LogP contribution in [0.25, 0.3) is 10.1 Å². The number of rotatable bonds is 8. The van der Waals surface area contributed by atoms with Gasteiger partial charge in [-0.15, -0.1) is 11.3 Å². The summed E-state index contributed by atoms with van der Waals surface area (Å²) in [6.45, 7) is 6.77. The van der Waals surface area contributed by atoms with E-state index in [1.807, 2.05) is 45.0 Å². The summed E-state index contributed by atoms with van der Waals surface area (Å²) < 4.78 is 17.9. The van der Waals surface area contributed by atoms with E-state index in [0.717, 1.165) is 10.1 Å². The summed E-state index contributed by atoms with van der Waals surface area (Å²) in [5.41, 5.74) is 5.19. The monoisotopic (exact) mass is 428 g/mol. The highest BCUT2D eigenvalue weighted by atomic mass is 32.1. The maximum absolute atomic E-state index is 12.7. The molecule has 2 aromatic carbocycles. The molecular formula is C22H24N2O5S. The van der Waals surface area contributed by atoms with Crippen molar-refractivity contribution in [2.75, 3.05) is 19.8 Å². The van der Waals surface area contributed by atoms with Gasteiger partial charge in [0, 0.05) is 10.3 Å². The Morgan fingerprint density at radius 2 is 1.43 bits per heavy atom. The summed E-state index contributed by atoms with van der Waals surface area (Å²) in [5, 5.41) is 0.980. The second kappa shape index (κ2) is 9.98. The number of carbonyl (C=O) groups is 2. The zero-order chi connectivity index (χ0) is 21.5. The van der Waals surface area contributed by atoms with Crippen molar-refractivity contribution >= 4 is 33.2 Å². The van der Waals surface area contributed by atoms with Gasteiger partial charge >= 0.3 is 0 Å². The molecular weight excluding hydrogens is 404 g/mol. The van der Waals surface area contributed by atoms with E-state index in [4.69, 9.17) is 14.2 Å². The molecule has 0 aliphatic rings. The van der Waals surface area contributed by atoms with Crippen LogP contribution in [0.1, 0.15) is 40.8 Å². The highest BCUT2D eigenvalue weighted by Crippen LogP contribution is 2.39. The minimum Gasteiger partial charge on any atom is -0.490 e. The van der Waals surface area contributed by atoms with Crippen molar-refractivity contribution in [2.45, 2.75) is 20.8 Å². The molecule has 8 heteroatoms. The highest BCUT2D eigenvalue weighted by molar-refractivity contribution is 7.20. The van der Waals surface area contributed by atoms with Crippen LogP contribution in [0, 0.1) is 0 Å². The second-order valence-electron chi connectivity index (χ2n) is 6.16. The molecule has 2 N–H and O–H groups in total. The van der Waals surface area contributed by atoms with Crippen LogP contribution in [-0.2, 0) is 0 Å². The summed E-state index contributed by atoms with van der Waals surface area (Å²) in [4.78, 5) is 25.6. The molecule has 0 bridgehead atoms. The first-order valence-electron chi connectivity index (χ1n) is 9.73. The lowest BCUT2D eigenvalue weighted by atomic mass is 10.1. The number of hydrazine groups is 1. The lowest BCUT2D eigenvalue weighted by Gasteiger charge is -2.17. The van der Waals surface area contributed by atoms with Gasteiger partial charge in [0.15, 0.2) is 11.5 Å². The molecule has 1 heterocycles. The first-order valence-corrected chi connectivity index (χ1v) is 10.5. The van der Waals surface area contributed by atoms with Crippen molar-refractivity contribution in [2.24, 2.45) is 0 Å². The number of fused-ring (bicyclic) bond motifs is 1. The zero-order valence-electron chi connectivity index (χ0n) is 17.1. The molecule has 158 valence electrons. The predicted octanol–water partition coefficient (Wildman–Crippen LogP) is 4.17. The van der Waals surface area contributed by atoms with E-state index in [-0.39, 0.29) is 11.5 Å². The molecule has 3 rings (SSSR count). The van der Waals surface area contributed by atoms with Crippen LogP contribution < -0.4 is 25.1 Å². The maximum Gasteiger partial charge on any atom is 0.279 e. The first kappa shape index (κ1) is 21.4. The Balaban J connectivity index is 1.77. The molecule has 3 aromatic rings. The van der Waals surface area contributed by atoms with Crippen LogP contribution in [0.15, 0.2) is 42.5 Å². The number of nitrogens with one attached hydrogen (secondary N) is 2. The number of ether oxygens (including phenoxy) is 3. The van der Waals surface area contributed by atoms with E-state index in [1.54, 1.807) is 18.2 Å². The third kappa shape index (κ3) is 4.83. The molecule has 0 atom stereocenters. The van der Waals surface area contributed by atoms with E-state index >= 15 is 0 Å². The predicted molar refractivity (Wildman–Crippen MR) is 117 cm³/mol. The summed E-state index contributed by atoms with van der Waals surface area (Å²) in [5.74, 6) is 0.393.